The van der Waals surface area contributed by atoms with Gasteiger partial charge in [0.1, 0.15) is 0 Å². The molecule has 0 saturated carbocycles. The Balaban J connectivity index is 1.79. The van der Waals surface area contributed by atoms with Crippen LogP contribution in [0.3, 0.4) is 0 Å². The number of rotatable bonds is 3. The normalized spacial score (nSPS) is 19.8. The van der Waals surface area contributed by atoms with Crippen molar-refractivity contribution < 1.29 is 5.11 Å². The quantitative estimate of drug-likeness (QED) is 0.762. The molecule has 2 N–H and O–H groups in total. The standard InChI is InChI=1S/C22H27N3O/c1-15-6-7-20-19(11-15)18-8-10-24-13-16(21(18)25(20)3)12-22(2,26)17-5-4-9-23-14-17/h4-7,9,11,14,16,24,26H,8,10,12-13H2,1-3H3. The second kappa shape index (κ2) is 6.53. The van der Waals surface area contributed by atoms with Crippen molar-refractivity contribution in [3.05, 3.63) is 65.1 Å². The molecule has 3 heterocycles. The molecule has 4 nitrogen and oxygen atoms in total. The van der Waals surface area contributed by atoms with E-state index in [-0.39, 0.29) is 5.92 Å². The van der Waals surface area contributed by atoms with E-state index in [0.29, 0.717) is 6.42 Å². The number of nitrogens with one attached hydrogen (secondary N) is 1. The van der Waals surface area contributed by atoms with Crippen LogP contribution in [0.4, 0.5) is 0 Å². The Labute approximate surface area is 154 Å². The number of aryl methyl sites for hydroxylation is 2. The van der Waals surface area contributed by atoms with E-state index < -0.39 is 5.60 Å². The first kappa shape index (κ1) is 17.3. The molecule has 1 aromatic carbocycles. The highest BCUT2D eigenvalue weighted by Crippen LogP contribution is 2.38. The maximum absolute atomic E-state index is 11.2. The van der Waals surface area contributed by atoms with E-state index in [4.69, 9.17) is 0 Å². The van der Waals surface area contributed by atoms with Gasteiger partial charge in [-0.25, -0.2) is 0 Å². The fourth-order valence-corrected chi connectivity index (χ4v) is 4.47. The fourth-order valence-electron chi connectivity index (χ4n) is 4.47. The van der Waals surface area contributed by atoms with E-state index in [1.165, 1.54) is 27.7 Å². The second-order valence-electron chi connectivity index (χ2n) is 7.81. The number of aliphatic hydroxyl groups is 1. The van der Waals surface area contributed by atoms with Crippen molar-refractivity contribution in [2.45, 2.75) is 38.2 Å². The number of nitrogens with zero attached hydrogens (tertiary/aromatic N) is 2. The molecule has 4 rings (SSSR count). The van der Waals surface area contributed by atoms with Crippen molar-refractivity contribution in [3.8, 4) is 0 Å². The van der Waals surface area contributed by atoms with E-state index in [1.807, 2.05) is 19.1 Å². The molecule has 0 fully saturated rings. The average Bonchev–Trinajstić information content (AvgIpc) is 2.77. The van der Waals surface area contributed by atoms with Gasteiger partial charge in [-0.15, -0.1) is 0 Å². The summed E-state index contributed by atoms with van der Waals surface area (Å²) >= 11 is 0. The number of fused-ring (bicyclic) bond motifs is 3. The monoisotopic (exact) mass is 349 g/mol. The molecule has 0 amide bonds. The van der Waals surface area contributed by atoms with Crippen LogP contribution in [0.5, 0.6) is 0 Å². The van der Waals surface area contributed by atoms with Crippen LogP contribution in [0.1, 0.15) is 41.6 Å². The van der Waals surface area contributed by atoms with Crippen molar-refractivity contribution in [2.75, 3.05) is 13.1 Å². The molecule has 0 spiro atoms. The Morgan fingerprint density at radius 2 is 2.19 bits per heavy atom. The van der Waals surface area contributed by atoms with Crippen LogP contribution in [0.2, 0.25) is 0 Å². The number of hydrogen-bond acceptors (Lipinski definition) is 3. The Hall–Kier alpha value is -2.17. The zero-order chi connectivity index (χ0) is 18.3. The smallest absolute Gasteiger partial charge is 0.0890 e. The molecule has 0 radical (unpaired) electrons. The van der Waals surface area contributed by atoms with Gasteiger partial charge in [-0.05, 0) is 57.0 Å². The first-order valence-electron chi connectivity index (χ1n) is 9.39. The Morgan fingerprint density at radius 1 is 1.35 bits per heavy atom. The van der Waals surface area contributed by atoms with Crippen molar-refractivity contribution in [3.63, 3.8) is 0 Å². The predicted molar refractivity (Wildman–Crippen MR) is 105 cm³/mol. The summed E-state index contributed by atoms with van der Waals surface area (Å²) in [6, 6.07) is 10.6. The third-order valence-electron chi connectivity index (χ3n) is 5.77. The zero-order valence-corrected chi connectivity index (χ0v) is 15.8. The molecule has 3 aromatic rings. The van der Waals surface area contributed by atoms with Gasteiger partial charge in [0.25, 0.3) is 0 Å². The highest BCUT2D eigenvalue weighted by atomic mass is 16.3. The molecule has 1 aliphatic heterocycles. The minimum atomic E-state index is -0.908. The molecule has 2 aromatic heterocycles. The SMILES string of the molecule is Cc1ccc2c(c1)c1c(n2C)C(CC(C)(O)c2cccnc2)CNCC1. The zero-order valence-electron chi connectivity index (χ0n) is 15.8. The lowest BCUT2D eigenvalue weighted by molar-refractivity contribution is 0.0390. The lowest BCUT2D eigenvalue weighted by Gasteiger charge is -2.29. The first-order valence-corrected chi connectivity index (χ1v) is 9.39. The molecule has 4 heteroatoms. The lowest BCUT2D eigenvalue weighted by atomic mass is 9.84. The van der Waals surface area contributed by atoms with Crippen LogP contribution in [-0.4, -0.2) is 27.7 Å². The summed E-state index contributed by atoms with van der Waals surface area (Å²) in [4.78, 5) is 4.19. The van der Waals surface area contributed by atoms with Crippen LogP contribution in [0.15, 0.2) is 42.7 Å². The van der Waals surface area contributed by atoms with Crippen molar-refractivity contribution in [1.29, 1.82) is 0 Å². The maximum Gasteiger partial charge on any atom is 0.0890 e. The van der Waals surface area contributed by atoms with Gasteiger partial charge in [0.15, 0.2) is 0 Å². The van der Waals surface area contributed by atoms with E-state index >= 15 is 0 Å². The molecule has 2 atom stereocenters. The molecule has 0 aliphatic carbocycles. The third kappa shape index (κ3) is 2.93. The number of hydrogen-bond donors (Lipinski definition) is 2. The van der Waals surface area contributed by atoms with Gasteiger partial charge in [0.2, 0.25) is 0 Å². The van der Waals surface area contributed by atoms with E-state index in [2.05, 4.69) is 47.0 Å². The molecule has 2 unspecified atom stereocenters. The highest BCUT2D eigenvalue weighted by molar-refractivity contribution is 5.86. The summed E-state index contributed by atoms with van der Waals surface area (Å²) in [5.41, 5.74) is 5.34. The fraction of sp³-hybridized carbons (Fsp3) is 0.409. The minimum Gasteiger partial charge on any atom is -0.385 e. The van der Waals surface area contributed by atoms with E-state index in [0.717, 1.165) is 25.1 Å². The third-order valence-corrected chi connectivity index (χ3v) is 5.77. The van der Waals surface area contributed by atoms with Crippen molar-refractivity contribution in [2.24, 2.45) is 7.05 Å². The molecular formula is C22H27N3O. The van der Waals surface area contributed by atoms with Gasteiger partial charge in [0.05, 0.1) is 5.60 Å². The van der Waals surface area contributed by atoms with Gasteiger partial charge in [0, 0.05) is 54.1 Å². The van der Waals surface area contributed by atoms with Gasteiger partial charge in [-0.1, -0.05) is 17.7 Å². The molecule has 1 aliphatic rings. The molecular weight excluding hydrogens is 322 g/mol. The summed E-state index contributed by atoms with van der Waals surface area (Å²) in [6.07, 6.45) is 5.22. The summed E-state index contributed by atoms with van der Waals surface area (Å²) < 4.78 is 2.33. The molecule has 0 saturated heterocycles. The number of pyridine rings is 1. The van der Waals surface area contributed by atoms with Gasteiger partial charge in [-0.2, -0.15) is 0 Å². The summed E-state index contributed by atoms with van der Waals surface area (Å²) in [6.45, 7) is 5.91. The average molecular weight is 349 g/mol. The number of aromatic nitrogens is 2. The maximum atomic E-state index is 11.2. The van der Waals surface area contributed by atoms with Crippen molar-refractivity contribution in [1.82, 2.24) is 14.9 Å². The van der Waals surface area contributed by atoms with E-state index in [1.54, 1.807) is 12.4 Å². The predicted octanol–water partition coefficient (Wildman–Crippen LogP) is 3.41. The summed E-state index contributed by atoms with van der Waals surface area (Å²) in [7, 11) is 2.16. The van der Waals surface area contributed by atoms with Crippen LogP contribution >= 0.6 is 0 Å². The highest BCUT2D eigenvalue weighted by Gasteiger charge is 2.32. The minimum absolute atomic E-state index is 0.250. The summed E-state index contributed by atoms with van der Waals surface area (Å²) in [5.74, 6) is 0.250. The Bertz CT molecular complexity index is 927. The largest absolute Gasteiger partial charge is 0.385 e. The molecule has 0 bridgehead atoms. The first-order chi connectivity index (χ1) is 12.5. The van der Waals surface area contributed by atoms with Crippen LogP contribution in [0.25, 0.3) is 10.9 Å². The lowest BCUT2D eigenvalue weighted by Crippen LogP contribution is -2.30. The molecule has 26 heavy (non-hydrogen) atoms. The van der Waals surface area contributed by atoms with Crippen LogP contribution < -0.4 is 5.32 Å². The second-order valence-corrected chi connectivity index (χ2v) is 7.81. The molecule has 136 valence electrons. The summed E-state index contributed by atoms with van der Waals surface area (Å²) in [5, 5.41) is 16.1. The van der Waals surface area contributed by atoms with Crippen molar-refractivity contribution >= 4 is 10.9 Å². The number of benzene rings is 1. The van der Waals surface area contributed by atoms with Crippen LogP contribution in [-0.2, 0) is 19.1 Å². The van der Waals surface area contributed by atoms with Gasteiger partial charge >= 0.3 is 0 Å². The van der Waals surface area contributed by atoms with Crippen LogP contribution in [0, 0.1) is 6.92 Å². The van der Waals surface area contributed by atoms with E-state index in [9.17, 15) is 5.11 Å². The topological polar surface area (TPSA) is 50.1 Å². The van der Waals surface area contributed by atoms with Gasteiger partial charge in [-0.3, -0.25) is 4.98 Å². The van der Waals surface area contributed by atoms with Gasteiger partial charge < -0.3 is 15.0 Å². The Morgan fingerprint density at radius 3 is 2.96 bits per heavy atom. The Kier molecular flexibility index (Phi) is 4.33.